The maximum atomic E-state index is 13.5. The summed E-state index contributed by atoms with van der Waals surface area (Å²) >= 11 is 0. The van der Waals surface area contributed by atoms with Crippen LogP contribution in [-0.2, 0) is 20.5 Å². The van der Waals surface area contributed by atoms with E-state index in [9.17, 15) is 26.0 Å². The van der Waals surface area contributed by atoms with E-state index in [2.05, 4.69) is 5.32 Å². The average Bonchev–Trinajstić information content (AvgIpc) is 3.16. The van der Waals surface area contributed by atoms with Crippen LogP contribution in [-0.4, -0.2) is 33.4 Å². The second-order valence-corrected chi connectivity index (χ2v) is 8.72. The van der Waals surface area contributed by atoms with E-state index in [0.717, 1.165) is 24.8 Å². The Morgan fingerprint density at radius 2 is 1.77 bits per heavy atom. The zero-order valence-electron chi connectivity index (χ0n) is 16.0. The maximum absolute atomic E-state index is 13.5. The zero-order valence-corrected chi connectivity index (χ0v) is 17.7. The Morgan fingerprint density at radius 1 is 1.10 bits per heavy atom. The molecule has 2 aromatic carbocycles. The molecule has 0 bridgehead atoms. The molecule has 0 radical (unpaired) electrons. The first-order valence-electron chi connectivity index (χ1n) is 9.09. The minimum atomic E-state index is -4.55. The summed E-state index contributed by atoms with van der Waals surface area (Å²) in [7, 11) is -3.90. The van der Waals surface area contributed by atoms with E-state index in [-0.39, 0.29) is 24.0 Å². The standard InChI is InChI=1S/C20H21F4NO3S.ClH/c1-29(26,27)28-19(17-6-3-11-25-17)18(13-7-9-16(21)10-8-13)14-4-2-5-15(12-14)20(22,23)24;/h2,4-5,7-10,12,17-19,25H,3,6,11H2,1H3;1H/t17?,18-,19-;/m0./s1. The van der Waals surface area contributed by atoms with Gasteiger partial charge in [-0.3, -0.25) is 4.18 Å². The molecule has 0 aliphatic carbocycles. The number of alkyl halides is 3. The molecule has 0 saturated carbocycles. The number of rotatable bonds is 6. The highest BCUT2D eigenvalue weighted by Crippen LogP contribution is 2.37. The minimum absolute atomic E-state index is 0. The maximum Gasteiger partial charge on any atom is 0.416 e. The van der Waals surface area contributed by atoms with E-state index < -0.39 is 39.7 Å². The fourth-order valence-electron chi connectivity index (χ4n) is 3.70. The summed E-state index contributed by atoms with van der Waals surface area (Å²) in [6.07, 6.45) is -3.24. The van der Waals surface area contributed by atoms with Gasteiger partial charge in [-0.05, 0) is 48.7 Å². The van der Waals surface area contributed by atoms with Crippen molar-refractivity contribution in [1.29, 1.82) is 0 Å². The molecule has 3 rings (SSSR count). The zero-order chi connectivity index (χ0) is 21.2. The van der Waals surface area contributed by atoms with Crippen LogP contribution in [0.15, 0.2) is 48.5 Å². The number of benzene rings is 2. The van der Waals surface area contributed by atoms with Crippen LogP contribution in [0, 0.1) is 5.82 Å². The van der Waals surface area contributed by atoms with E-state index in [0.29, 0.717) is 18.5 Å². The van der Waals surface area contributed by atoms with Crippen LogP contribution in [0.4, 0.5) is 17.6 Å². The van der Waals surface area contributed by atoms with Crippen LogP contribution < -0.4 is 5.32 Å². The van der Waals surface area contributed by atoms with Crippen LogP contribution >= 0.6 is 12.4 Å². The van der Waals surface area contributed by atoms with Gasteiger partial charge in [0, 0.05) is 12.0 Å². The lowest BCUT2D eigenvalue weighted by molar-refractivity contribution is -0.137. The topological polar surface area (TPSA) is 55.4 Å². The van der Waals surface area contributed by atoms with E-state index in [4.69, 9.17) is 4.18 Å². The van der Waals surface area contributed by atoms with Gasteiger partial charge in [-0.1, -0.05) is 30.3 Å². The summed E-state index contributed by atoms with van der Waals surface area (Å²) in [4.78, 5) is 0. The molecule has 1 aliphatic rings. The van der Waals surface area contributed by atoms with Crippen molar-refractivity contribution in [3.8, 4) is 0 Å². The summed E-state index contributed by atoms with van der Waals surface area (Å²) < 4.78 is 82.6. The van der Waals surface area contributed by atoms with Gasteiger partial charge in [0.2, 0.25) is 0 Å². The lowest BCUT2D eigenvalue weighted by Crippen LogP contribution is -2.42. The van der Waals surface area contributed by atoms with Gasteiger partial charge >= 0.3 is 6.18 Å². The van der Waals surface area contributed by atoms with Gasteiger partial charge in [-0.2, -0.15) is 21.6 Å². The Bertz CT molecular complexity index is 945. The van der Waals surface area contributed by atoms with Crippen LogP contribution in [0.3, 0.4) is 0 Å². The Morgan fingerprint density at radius 3 is 2.30 bits per heavy atom. The second-order valence-electron chi connectivity index (χ2n) is 7.12. The molecule has 3 atom stereocenters. The Hall–Kier alpha value is -1.68. The van der Waals surface area contributed by atoms with Gasteiger partial charge in [0.1, 0.15) is 11.9 Å². The molecule has 1 saturated heterocycles. The molecule has 0 amide bonds. The van der Waals surface area contributed by atoms with Crippen molar-refractivity contribution in [3.63, 3.8) is 0 Å². The molecular formula is C20H22ClF4NO3S. The fraction of sp³-hybridized carbons (Fsp3) is 0.400. The van der Waals surface area contributed by atoms with Crippen molar-refractivity contribution in [2.75, 3.05) is 12.8 Å². The summed E-state index contributed by atoms with van der Waals surface area (Å²) in [6, 6.07) is 9.58. The molecule has 4 nitrogen and oxygen atoms in total. The van der Waals surface area contributed by atoms with Gasteiger partial charge < -0.3 is 5.32 Å². The van der Waals surface area contributed by atoms with E-state index in [1.165, 1.54) is 36.4 Å². The van der Waals surface area contributed by atoms with E-state index in [1.54, 1.807) is 0 Å². The molecule has 0 spiro atoms. The molecule has 0 aromatic heterocycles. The molecule has 166 valence electrons. The Labute approximate surface area is 179 Å². The van der Waals surface area contributed by atoms with Crippen LogP contribution in [0.25, 0.3) is 0 Å². The predicted molar refractivity (Wildman–Crippen MR) is 108 cm³/mol. The molecule has 2 aromatic rings. The van der Waals surface area contributed by atoms with Gasteiger partial charge in [-0.15, -0.1) is 12.4 Å². The summed E-state index contributed by atoms with van der Waals surface area (Å²) in [5, 5.41) is 3.17. The molecule has 1 heterocycles. The highest BCUT2D eigenvalue weighted by molar-refractivity contribution is 7.86. The number of halogens is 5. The van der Waals surface area contributed by atoms with Crippen molar-refractivity contribution >= 4 is 22.5 Å². The molecule has 1 fully saturated rings. The SMILES string of the molecule is CS(=O)(=O)O[C@@H](C1CCCN1)[C@@H](c1ccc(F)cc1)c1cccc(C(F)(F)F)c1.Cl. The van der Waals surface area contributed by atoms with E-state index >= 15 is 0 Å². The Kier molecular flexibility index (Phi) is 7.90. The molecule has 1 unspecified atom stereocenters. The minimum Gasteiger partial charge on any atom is -0.311 e. The van der Waals surface area contributed by atoms with Crippen molar-refractivity contribution in [2.24, 2.45) is 0 Å². The molecular weight excluding hydrogens is 446 g/mol. The molecule has 1 N–H and O–H groups in total. The smallest absolute Gasteiger partial charge is 0.311 e. The summed E-state index contributed by atoms with van der Waals surface area (Å²) in [6.45, 7) is 0.646. The highest BCUT2D eigenvalue weighted by atomic mass is 35.5. The average molecular weight is 468 g/mol. The number of hydrogen-bond acceptors (Lipinski definition) is 4. The first-order chi connectivity index (χ1) is 13.5. The van der Waals surface area contributed by atoms with Gasteiger partial charge in [0.05, 0.1) is 11.8 Å². The predicted octanol–water partition coefficient (Wildman–Crippen LogP) is 4.50. The van der Waals surface area contributed by atoms with Gasteiger partial charge in [0.25, 0.3) is 10.1 Å². The monoisotopic (exact) mass is 467 g/mol. The van der Waals surface area contributed by atoms with Crippen molar-refractivity contribution in [2.45, 2.75) is 37.1 Å². The molecule has 1 aliphatic heterocycles. The third kappa shape index (κ3) is 6.16. The lowest BCUT2D eigenvalue weighted by atomic mass is 9.82. The molecule has 30 heavy (non-hydrogen) atoms. The van der Waals surface area contributed by atoms with E-state index in [1.807, 2.05) is 0 Å². The quantitative estimate of drug-likeness (QED) is 0.502. The van der Waals surface area contributed by atoms with Crippen molar-refractivity contribution in [3.05, 3.63) is 71.0 Å². The van der Waals surface area contributed by atoms with Crippen LogP contribution in [0.5, 0.6) is 0 Å². The normalized spacial score (nSPS) is 19.2. The summed E-state index contributed by atoms with van der Waals surface area (Å²) in [5.41, 5.74) is -0.138. The fourth-order valence-corrected chi connectivity index (χ4v) is 4.35. The van der Waals surface area contributed by atoms with Crippen LogP contribution in [0.1, 0.15) is 35.4 Å². The van der Waals surface area contributed by atoms with Crippen molar-refractivity contribution in [1.82, 2.24) is 5.32 Å². The Balaban J connectivity index is 0.00000320. The third-order valence-corrected chi connectivity index (χ3v) is 5.48. The van der Waals surface area contributed by atoms with Crippen LogP contribution in [0.2, 0.25) is 0 Å². The number of hydrogen-bond donors (Lipinski definition) is 1. The lowest BCUT2D eigenvalue weighted by Gasteiger charge is -2.32. The molecule has 10 heteroatoms. The first kappa shape index (κ1) is 24.6. The van der Waals surface area contributed by atoms with Gasteiger partial charge in [-0.25, -0.2) is 4.39 Å². The second kappa shape index (κ2) is 9.64. The number of nitrogens with one attached hydrogen (secondary N) is 1. The first-order valence-corrected chi connectivity index (χ1v) is 10.9. The largest absolute Gasteiger partial charge is 0.416 e. The highest BCUT2D eigenvalue weighted by Gasteiger charge is 2.38. The summed E-state index contributed by atoms with van der Waals surface area (Å²) in [5.74, 6) is -1.35. The third-order valence-electron chi connectivity index (χ3n) is 4.91. The van der Waals surface area contributed by atoms with Gasteiger partial charge in [0.15, 0.2) is 0 Å². The van der Waals surface area contributed by atoms with Crippen molar-refractivity contribution < 1.29 is 30.2 Å².